The van der Waals surface area contributed by atoms with Crippen LogP contribution in [-0.2, 0) is 0 Å². The minimum atomic E-state index is -1.08. The third-order valence-electron chi connectivity index (χ3n) is 10.3. The van der Waals surface area contributed by atoms with Crippen molar-refractivity contribution in [3.63, 3.8) is 0 Å². The summed E-state index contributed by atoms with van der Waals surface area (Å²) in [5.74, 6) is 0. The standard InChI is InChI=1S/C48H31P/c1-3-12-39(13-4-1)49(40-14-5-2-6-15-40)41-24-22-32(23-25-41)35-18-19-37-29-38(21-20-36(37)28-35)42-26-27-45-47-31-34-11-8-7-10-33(34)30-46(47)44-17-9-16-43(42)48(44)45/h1-31H/p+1. The van der Waals surface area contributed by atoms with Crippen LogP contribution in [0.1, 0.15) is 0 Å². The second kappa shape index (κ2) is 11.4. The van der Waals surface area contributed by atoms with Crippen LogP contribution in [0.5, 0.6) is 0 Å². The Hall–Kier alpha value is -5.81. The molecule has 0 aromatic heterocycles. The predicted molar refractivity (Wildman–Crippen MR) is 214 cm³/mol. The van der Waals surface area contributed by atoms with Gasteiger partial charge in [0.25, 0.3) is 0 Å². The maximum absolute atomic E-state index is 2.37. The monoisotopic (exact) mass is 639 g/mol. The minimum Gasteiger partial charge on any atom is -0.0620 e. The van der Waals surface area contributed by atoms with Crippen LogP contribution in [0.2, 0.25) is 0 Å². The van der Waals surface area contributed by atoms with Crippen LogP contribution in [0.4, 0.5) is 0 Å². The van der Waals surface area contributed by atoms with E-state index in [0.29, 0.717) is 0 Å². The fourth-order valence-electron chi connectivity index (χ4n) is 7.93. The van der Waals surface area contributed by atoms with E-state index in [9.17, 15) is 0 Å². The second-order valence-electron chi connectivity index (χ2n) is 13.1. The molecule has 228 valence electrons. The van der Waals surface area contributed by atoms with Crippen LogP contribution in [0.15, 0.2) is 188 Å². The van der Waals surface area contributed by atoms with Gasteiger partial charge in [0.15, 0.2) is 0 Å². The lowest BCUT2D eigenvalue weighted by Crippen LogP contribution is -2.20. The summed E-state index contributed by atoms with van der Waals surface area (Å²) in [4.78, 5) is 0. The van der Waals surface area contributed by atoms with E-state index >= 15 is 0 Å². The van der Waals surface area contributed by atoms with Crippen molar-refractivity contribution >= 4 is 56.2 Å². The fourth-order valence-corrected chi connectivity index (χ4v) is 10.5. The third-order valence-corrected chi connectivity index (χ3v) is 13.0. The summed E-state index contributed by atoms with van der Waals surface area (Å²) in [6.07, 6.45) is 0. The molecule has 0 amide bonds. The number of hydrogen-bond acceptors (Lipinski definition) is 0. The van der Waals surface area contributed by atoms with Crippen molar-refractivity contribution in [2.75, 3.05) is 0 Å². The first-order valence-electron chi connectivity index (χ1n) is 17.0. The summed E-state index contributed by atoms with van der Waals surface area (Å²) in [6, 6.07) is 69.9. The molecule has 9 aromatic rings. The molecule has 0 radical (unpaired) electrons. The van der Waals surface area contributed by atoms with Crippen LogP contribution in [0.3, 0.4) is 0 Å². The van der Waals surface area contributed by atoms with Gasteiger partial charge >= 0.3 is 0 Å². The molecular weight excluding hydrogens is 608 g/mol. The van der Waals surface area contributed by atoms with Crippen molar-refractivity contribution in [2.45, 2.75) is 0 Å². The smallest absolute Gasteiger partial charge is 0.0620 e. The number of hydrogen-bond donors (Lipinski definition) is 0. The summed E-state index contributed by atoms with van der Waals surface area (Å²) < 4.78 is 0. The van der Waals surface area contributed by atoms with Gasteiger partial charge in [-0.2, -0.15) is 0 Å². The van der Waals surface area contributed by atoms with Gasteiger partial charge in [0, 0.05) is 0 Å². The molecule has 0 saturated heterocycles. The Kier molecular flexibility index (Phi) is 6.57. The zero-order valence-corrected chi connectivity index (χ0v) is 27.9. The van der Waals surface area contributed by atoms with Gasteiger partial charge in [0.05, 0.1) is 7.92 Å². The van der Waals surface area contributed by atoms with Crippen LogP contribution >= 0.6 is 7.92 Å². The highest BCUT2D eigenvalue weighted by Crippen LogP contribution is 2.50. The van der Waals surface area contributed by atoms with Gasteiger partial charge in [-0.15, -0.1) is 0 Å². The maximum Gasteiger partial charge on any atom is 0.102 e. The average Bonchev–Trinajstić information content (AvgIpc) is 3.48. The van der Waals surface area contributed by atoms with Crippen molar-refractivity contribution < 1.29 is 0 Å². The SMILES string of the molecule is c1ccc([PH+](c2ccccc2)c2ccc(-c3ccc4cc(-c5ccc6c7c(cccc57)-c5cc7ccccc7cc5-6)ccc4c3)cc2)cc1. The van der Waals surface area contributed by atoms with E-state index in [1.54, 1.807) is 0 Å². The third kappa shape index (κ3) is 4.72. The molecule has 9 aromatic carbocycles. The summed E-state index contributed by atoms with van der Waals surface area (Å²) in [7, 11) is -1.08. The normalized spacial score (nSPS) is 11.9. The molecule has 0 spiro atoms. The van der Waals surface area contributed by atoms with Crippen LogP contribution in [0.25, 0.3) is 76.8 Å². The summed E-state index contributed by atoms with van der Waals surface area (Å²) >= 11 is 0. The van der Waals surface area contributed by atoms with E-state index in [1.165, 1.54) is 92.7 Å². The van der Waals surface area contributed by atoms with Gasteiger partial charge < -0.3 is 0 Å². The van der Waals surface area contributed by atoms with Gasteiger partial charge in [-0.1, -0.05) is 127 Å². The minimum absolute atomic E-state index is 1.08. The molecule has 0 atom stereocenters. The molecule has 0 bridgehead atoms. The first kappa shape index (κ1) is 28.2. The van der Waals surface area contributed by atoms with Crippen molar-refractivity contribution in [1.29, 1.82) is 0 Å². The summed E-state index contributed by atoms with van der Waals surface area (Å²) in [5.41, 5.74) is 10.4. The topological polar surface area (TPSA) is 0 Å². The van der Waals surface area contributed by atoms with Crippen LogP contribution in [0, 0.1) is 0 Å². The predicted octanol–water partition coefficient (Wildman–Crippen LogP) is 11.6. The Balaban J connectivity index is 0.997. The molecule has 0 unspecified atom stereocenters. The Morgan fingerprint density at radius 3 is 1.41 bits per heavy atom. The van der Waals surface area contributed by atoms with Crippen molar-refractivity contribution in [2.24, 2.45) is 0 Å². The lowest BCUT2D eigenvalue weighted by molar-refractivity contribution is 1.65. The maximum atomic E-state index is 2.37. The Morgan fingerprint density at radius 2 is 0.755 bits per heavy atom. The molecule has 0 N–H and O–H groups in total. The molecule has 1 aliphatic rings. The van der Waals surface area contributed by atoms with E-state index in [0.717, 1.165) is 0 Å². The fraction of sp³-hybridized carbons (Fsp3) is 0. The van der Waals surface area contributed by atoms with Gasteiger partial charge in [-0.05, 0) is 137 Å². The number of rotatable bonds is 5. The molecule has 10 rings (SSSR count). The Labute approximate surface area is 287 Å². The highest BCUT2D eigenvalue weighted by atomic mass is 31.1. The van der Waals surface area contributed by atoms with Crippen molar-refractivity contribution in [1.82, 2.24) is 0 Å². The average molecular weight is 640 g/mol. The van der Waals surface area contributed by atoms with Crippen molar-refractivity contribution in [3.05, 3.63) is 188 Å². The van der Waals surface area contributed by atoms with E-state index in [4.69, 9.17) is 0 Å². The van der Waals surface area contributed by atoms with Gasteiger partial charge in [-0.3, -0.25) is 0 Å². The molecule has 0 fully saturated rings. The van der Waals surface area contributed by atoms with Gasteiger partial charge in [-0.25, -0.2) is 0 Å². The molecule has 1 aliphatic carbocycles. The lowest BCUT2D eigenvalue weighted by Gasteiger charge is -2.12. The van der Waals surface area contributed by atoms with E-state index in [1.807, 2.05) is 0 Å². The molecule has 0 heterocycles. The van der Waals surface area contributed by atoms with E-state index in [2.05, 4.69) is 188 Å². The zero-order valence-electron chi connectivity index (χ0n) is 26.9. The molecular formula is C48H32P+. The first-order valence-corrected chi connectivity index (χ1v) is 18.5. The summed E-state index contributed by atoms with van der Waals surface area (Å²) in [5, 5.41) is 12.0. The highest BCUT2D eigenvalue weighted by Gasteiger charge is 2.25. The van der Waals surface area contributed by atoms with E-state index in [-0.39, 0.29) is 0 Å². The van der Waals surface area contributed by atoms with E-state index < -0.39 is 7.92 Å². The molecule has 0 nitrogen and oxygen atoms in total. The number of benzene rings is 9. The van der Waals surface area contributed by atoms with Crippen molar-refractivity contribution in [3.8, 4) is 44.5 Å². The molecule has 49 heavy (non-hydrogen) atoms. The first-order chi connectivity index (χ1) is 24.3. The van der Waals surface area contributed by atoms with Gasteiger partial charge in [0.2, 0.25) is 0 Å². The lowest BCUT2D eigenvalue weighted by atomic mass is 9.92. The van der Waals surface area contributed by atoms with Gasteiger partial charge in [0.1, 0.15) is 15.9 Å². The largest absolute Gasteiger partial charge is 0.102 e. The molecule has 0 saturated carbocycles. The molecule has 1 heteroatoms. The molecule has 0 aliphatic heterocycles. The van der Waals surface area contributed by atoms with Crippen LogP contribution in [-0.4, -0.2) is 0 Å². The zero-order chi connectivity index (χ0) is 32.3. The quantitative estimate of drug-likeness (QED) is 0.164. The highest BCUT2D eigenvalue weighted by molar-refractivity contribution is 7.79. The number of fused-ring (bicyclic) bond motifs is 5. The summed E-state index contributed by atoms with van der Waals surface area (Å²) in [6.45, 7) is 0. The van der Waals surface area contributed by atoms with Crippen LogP contribution < -0.4 is 15.9 Å². The Bertz CT molecular complexity index is 2600. The second-order valence-corrected chi connectivity index (χ2v) is 15.6. The Morgan fingerprint density at radius 1 is 0.265 bits per heavy atom.